The second-order valence-corrected chi connectivity index (χ2v) is 5.12. The van der Waals surface area contributed by atoms with Crippen LogP contribution in [-0.2, 0) is 0 Å². The average molecular weight is 342 g/mol. The summed E-state index contributed by atoms with van der Waals surface area (Å²) < 4.78 is 5.46. The van der Waals surface area contributed by atoms with Crippen LogP contribution >= 0.6 is 23.2 Å². The molecule has 1 aromatic heterocycles. The molecule has 0 unspecified atom stereocenters. The zero-order valence-corrected chi connectivity index (χ0v) is 12.7. The van der Waals surface area contributed by atoms with Crippen LogP contribution in [-0.4, -0.2) is 15.8 Å². The van der Waals surface area contributed by atoms with Gasteiger partial charge >= 0.3 is 0 Å². The first kappa shape index (κ1) is 16.0. The Morgan fingerprint density at radius 1 is 1.32 bits per heavy atom. The van der Waals surface area contributed by atoms with E-state index in [4.69, 9.17) is 33.7 Å². The van der Waals surface area contributed by atoms with Crippen molar-refractivity contribution in [1.29, 1.82) is 0 Å². The molecule has 7 nitrogen and oxygen atoms in total. The van der Waals surface area contributed by atoms with Crippen LogP contribution < -0.4 is 10.5 Å². The summed E-state index contributed by atoms with van der Waals surface area (Å²) in [4.78, 5) is 25.2. The molecular weight excluding hydrogens is 333 g/mol. The van der Waals surface area contributed by atoms with Gasteiger partial charge in [0.2, 0.25) is 11.8 Å². The number of aryl methyl sites for hydroxylation is 1. The Kier molecular flexibility index (Phi) is 4.48. The van der Waals surface area contributed by atoms with Gasteiger partial charge in [0, 0.05) is 6.20 Å². The van der Waals surface area contributed by atoms with E-state index in [1.165, 1.54) is 24.4 Å². The smallest absolute Gasteiger partial charge is 0.291 e. The monoisotopic (exact) mass is 341 g/mol. The van der Waals surface area contributed by atoms with E-state index >= 15 is 0 Å². The number of amides is 1. The summed E-state index contributed by atoms with van der Waals surface area (Å²) in [5.41, 5.74) is 5.50. The van der Waals surface area contributed by atoms with E-state index in [-0.39, 0.29) is 32.9 Å². The van der Waals surface area contributed by atoms with Crippen LogP contribution in [0.2, 0.25) is 10.0 Å². The van der Waals surface area contributed by atoms with Gasteiger partial charge in [0.15, 0.2) is 0 Å². The number of carbonyl (C=O) groups is 1. The molecule has 0 saturated heterocycles. The lowest BCUT2D eigenvalue weighted by Gasteiger charge is -2.10. The number of nitro groups is 1. The standard InChI is InChI=1S/C13H9Cl2N3O4/c1-6-2-8(14)10(18(20)21)4-11(6)22-13-9(15)3-7(5-17-13)12(16)19/h2-5H,1H3,(H2,16,19). The maximum atomic E-state index is 11.0. The van der Waals surface area contributed by atoms with Crippen molar-refractivity contribution < 1.29 is 14.5 Å². The average Bonchev–Trinajstić information content (AvgIpc) is 2.42. The van der Waals surface area contributed by atoms with Crippen molar-refractivity contribution >= 4 is 34.8 Å². The maximum absolute atomic E-state index is 11.0. The van der Waals surface area contributed by atoms with Crippen molar-refractivity contribution in [2.45, 2.75) is 6.92 Å². The third kappa shape index (κ3) is 3.26. The second kappa shape index (κ2) is 6.17. The van der Waals surface area contributed by atoms with Crippen molar-refractivity contribution in [2.24, 2.45) is 5.73 Å². The summed E-state index contributed by atoms with van der Waals surface area (Å²) in [5.74, 6) is -0.511. The largest absolute Gasteiger partial charge is 0.437 e. The van der Waals surface area contributed by atoms with E-state index in [0.717, 1.165) is 0 Å². The molecule has 0 radical (unpaired) electrons. The van der Waals surface area contributed by atoms with Gasteiger partial charge < -0.3 is 10.5 Å². The molecule has 114 valence electrons. The Morgan fingerprint density at radius 3 is 2.55 bits per heavy atom. The van der Waals surface area contributed by atoms with Crippen LogP contribution in [0.25, 0.3) is 0 Å². The van der Waals surface area contributed by atoms with Gasteiger partial charge in [-0.05, 0) is 24.6 Å². The van der Waals surface area contributed by atoms with Crippen LogP contribution in [0.3, 0.4) is 0 Å². The lowest BCUT2D eigenvalue weighted by molar-refractivity contribution is -0.384. The highest BCUT2D eigenvalue weighted by molar-refractivity contribution is 6.33. The number of benzene rings is 1. The number of nitro benzene ring substituents is 1. The maximum Gasteiger partial charge on any atom is 0.291 e. The molecule has 0 aliphatic carbocycles. The van der Waals surface area contributed by atoms with Crippen molar-refractivity contribution in [3.63, 3.8) is 0 Å². The normalized spacial score (nSPS) is 10.3. The molecule has 22 heavy (non-hydrogen) atoms. The fraction of sp³-hybridized carbons (Fsp3) is 0.0769. The first-order valence-electron chi connectivity index (χ1n) is 5.87. The van der Waals surface area contributed by atoms with Crippen LogP contribution in [0.1, 0.15) is 15.9 Å². The molecule has 1 amide bonds. The molecule has 1 aromatic carbocycles. The summed E-state index contributed by atoms with van der Waals surface area (Å²) in [6, 6.07) is 3.88. The minimum absolute atomic E-state index is 0.00187. The molecule has 0 aliphatic heterocycles. The highest BCUT2D eigenvalue weighted by Gasteiger charge is 2.18. The molecule has 2 aromatic rings. The first-order chi connectivity index (χ1) is 10.3. The molecule has 1 heterocycles. The van der Waals surface area contributed by atoms with Gasteiger partial charge in [-0.15, -0.1) is 0 Å². The lowest BCUT2D eigenvalue weighted by atomic mass is 10.2. The van der Waals surface area contributed by atoms with Gasteiger partial charge in [-0.2, -0.15) is 0 Å². The Bertz CT molecular complexity index is 780. The quantitative estimate of drug-likeness (QED) is 0.676. The van der Waals surface area contributed by atoms with E-state index in [1.54, 1.807) is 6.92 Å². The minimum atomic E-state index is -0.681. The summed E-state index contributed by atoms with van der Waals surface area (Å²) in [5, 5.41) is 10.9. The van der Waals surface area contributed by atoms with Gasteiger partial charge in [-0.3, -0.25) is 14.9 Å². The number of halogens is 2. The second-order valence-electron chi connectivity index (χ2n) is 4.30. The Hall–Kier alpha value is -2.38. The lowest BCUT2D eigenvalue weighted by Crippen LogP contribution is -2.11. The van der Waals surface area contributed by atoms with Crippen molar-refractivity contribution in [2.75, 3.05) is 0 Å². The summed E-state index contributed by atoms with van der Waals surface area (Å²) in [7, 11) is 0. The van der Waals surface area contributed by atoms with Crippen molar-refractivity contribution in [3.05, 3.63) is 55.7 Å². The van der Waals surface area contributed by atoms with Crippen LogP contribution in [0.4, 0.5) is 5.69 Å². The van der Waals surface area contributed by atoms with Crippen molar-refractivity contribution in [3.8, 4) is 11.6 Å². The fourth-order valence-corrected chi connectivity index (χ4v) is 2.12. The van der Waals surface area contributed by atoms with E-state index in [0.29, 0.717) is 5.56 Å². The van der Waals surface area contributed by atoms with E-state index in [2.05, 4.69) is 4.98 Å². The molecule has 0 spiro atoms. The molecule has 0 saturated carbocycles. The van der Waals surface area contributed by atoms with Crippen LogP contribution in [0, 0.1) is 17.0 Å². The Labute approximate surface area is 134 Å². The third-order valence-corrected chi connectivity index (χ3v) is 3.31. The van der Waals surface area contributed by atoms with Gasteiger partial charge in [0.05, 0.1) is 16.6 Å². The number of hydrogen-bond donors (Lipinski definition) is 1. The molecule has 2 rings (SSSR count). The van der Waals surface area contributed by atoms with Gasteiger partial charge in [0.1, 0.15) is 15.8 Å². The van der Waals surface area contributed by atoms with E-state index in [1.807, 2.05) is 0 Å². The Balaban J connectivity index is 2.41. The number of nitrogens with zero attached hydrogens (tertiary/aromatic N) is 2. The highest BCUT2D eigenvalue weighted by Crippen LogP contribution is 2.35. The molecule has 2 N–H and O–H groups in total. The number of ether oxygens (including phenoxy) is 1. The zero-order valence-electron chi connectivity index (χ0n) is 11.2. The number of pyridine rings is 1. The summed E-state index contributed by atoms with van der Waals surface area (Å²) >= 11 is 11.8. The van der Waals surface area contributed by atoms with Crippen molar-refractivity contribution in [1.82, 2.24) is 4.98 Å². The SMILES string of the molecule is Cc1cc(Cl)c([N+](=O)[O-])cc1Oc1ncc(C(N)=O)cc1Cl. The number of primary amides is 1. The predicted molar refractivity (Wildman–Crippen MR) is 80.7 cm³/mol. The third-order valence-electron chi connectivity index (χ3n) is 2.74. The van der Waals surface area contributed by atoms with Gasteiger partial charge in [-0.25, -0.2) is 4.98 Å². The molecule has 9 heteroatoms. The topological polar surface area (TPSA) is 108 Å². The molecular formula is C13H9Cl2N3O4. The highest BCUT2D eigenvalue weighted by atomic mass is 35.5. The molecule has 0 atom stereocenters. The van der Waals surface area contributed by atoms with Crippen LogP contribution in [0.15, 0.2) is 24.4 Å². The van der Waals surface area contributed by atoms with Crippen LogP contribution in [0.5, 0.6) is 11.6 Å². The first-order valence-corrected chi connectivity index (χ1v) is 6.63. The Morgan fingerprint density at radius 2 is 2.00 bits per heavy atom. The molecule has 0 fully saturated rings. The van der Waals surface area contributed by atoms with Gasteiger partial charge in [-0.1, -0.05) is 23.2 Å². The summed E-state index contributed by atoms with van der Waals surface area (Å²) in [6.45, 7) is 1.66. The minimum Gasteiger partial charge on any atom is -0.437 e. The number of carbonyl (C=O) groups excluding carboxylic acids is 1. The number of hydrogen-bond acceptors (Lipinski definition) is 5. The zero-order chi connectivity index (χ0) is 16.4. The number of aromatic nitrogens is 1. The molecule has 0 aliphatic rings. The number of nitrogens with two attached hydrogens (primary N) is 1. The van der Waals surface area contributed by atoms with E-state index in [9.17, 15) is 14.9 Å². The van der Waals surface area contributed by atoms with E-state index < -0.39 is 10.8 Å². The summed E-state index contributed by atoms with van der Waals surface area (Å²) in [6.07, 6.45) is 1.20. The predicted octanol–water partition coefficient (Wildman–Crippen LogP) is 3.50. The molecule has 0 bridgehead atoms. The fourth-order valence-electron chi connectivity index (χ4n) is 1.63. The van der Waals surface area contributed by atoms with Gasteiger partial charge in [0.25, 0.3) is 5.69 Å². The number of rotatable bonds is 4.